The summed E-state index contributed by atoms with van der Waals surface area (Å²) in [5.41, 5.74) is 4.55. The van der Waals surface area contributed by atoms with E-state index in [-0.39, 0.29) is 5.41 Å². The normalized spacial score (nSPS) is 13.4. The fourth-order valence-electron chi connectivity index (χ4n) is 2.39. The third kappa shape index (κ3) is 2.24. The first-order chi connectivity index (χ1) is 8.71. The molecule has 0 amide bonds. The van der Waals surface area contributed by atoms with Crippen molar-refractivity contribution in [2.75, 3.05) is 0 Å². The maximum absolute atomic E-state index is 2.31. The Morgan fingerprint density at radius 1 is 0.833 bits per heavy atom. The summed E-state index contributed by atoms with van der Waals surface area (Å²) in [5, 5.41) is 2.20. The van der Waals surface area contributed by atoms with E-state index >= 15 is 0 Å². The van der Waals surface area contributed by atoms with Gasteiger partial charge in [-0.2, -0.15) is 0 Å². The van der Waals surface area contributed by atoms with Gasteiger partial charge in [0.05, 0.1) is 0 Å². The molecule has 3 rings (SSSR count). The van der Waals surface area contributed by atoms with Crippen LogP contribution in [0.5, 0.6) is 0 Å². The average molecular weight is 260 g/mol. The van der Waals surface area contributed by atoms with Gasteiger partial charge in [-0.05, 0) is 28.1 Å². The third-order valence-electron chi connectivity index (χ3n) is 3.12. The molecule has 0 fully saturated rings. The summed E-state index contributed by atoms with van der Waals surface area (Å²) in [4.78, 5) is 1.51. The maximum Gasteiger partial charge on any atom is 0.0252 e. The molecule has 0 bridgehead atoms. The van der Waals surface area contributed by atoms with Crippen molar-refractivity contribution in [2.24, 2.45) is 0 Å². The molecule has 1 aliphatic rings. The second-order valence-corrected chi connectivity index (χ2v) is 5.25. The molecule has 0 aliphatic heterocycles. The first-order valence-electron chi connectivity index (χ1n) is 6.89. The van der Waals surface area contributed by atoms with E-state index in [4.69, 9.17) is 0 Å². The molecule has 0 spiro atoms. The molecule has 0 unspecified atom stereocenters. The molecule has 0 N–H and O–H groups in total. The first kappa shape index (κ1) is 15.0. The lowest BCUT2D eigenvalue weighted by atomic mass is 9.87. The van der Waals surface area contributed by atoms with Crippen LogP contribution in [0.1, 0.15) is 52.0 Å². The zero-order valence-electron chi connectivity index (χ0n) is 12.4. The number of thiophene rings is 1. The van der Waals surface area contributed by atoms with Gasteiger partial charge in [0.1, 0.15) is 0 Å². The second-order valence-electron chi connectivity index (χ2n) is 4.33. The number of fused-ring (bicyclic) bond motifs is 3. The van der Waals surface area contributed by atoms with E-state index in [9.17, 15) is 0 Å². The minimum Gasteiger partial charge on any atom is -0.147 e. The van der Waals surface area contributed by atoms with Crippen LogP contribution in [-0.2, 0) is 5.41 Å². The molecular formula is C17H24S. The molecule has 1 aromatic heterocycles. The van der Waals surface area contributed by atoms with Crippen molar-refractivity contribution in [2.45, 2.75) is 47.0 Å². The Bertz CT molecular complexity index is 492. The lowest BCUT2D eigenvalue weighted by Gasteiger charge is -2.19. The molecule has 2 aromatic rings. The van der Waals surface area contributed by atoms with Gasteiger partial charge in [0.2, 0.25) is 0 Å². The molecule has 0 saturated heterocycles. The van der Waals surface area contributed by atoms with Crippen molar-refractivity contribution in [1.29, 1.82) is 0 Å². The predicted octanol–water partition coefficient (Wildman–Crippen LogP) is 6.11. The largest absolute Gasteiger partial charge is 0.147 e. The Balaban J connectivity index is 0.000000371. The van der Waals surface area contributed by atoms with Crippen LogP contribution in [0.15, 0.2) is 35.7 Å². The predicted molar refractivity (Wildman–Crippen MR) is 84.6 cm³/mol. The van der Waals surface area contributed by atoms with Gasteiger partial charge in [-0.3, -0.25) is 0 Å². The molecule has 98 valence electrons. The fraction of sp³-hybridized carbons (Fsp3) is 0.412. The quantitative estimate of drug-likeness (QED) is 0.536. The lowest BCUT2D eigenvalue weighted by molar-refractivity contribution is 0.674. The monoisotopic (exact) mass is 260 g/mol. The van der Waals surface area contributed by atoms with Crippen LogP contribution < -0.4 is 0 Å². The SMILES string of the molecule is CC.CC.CC1(C)c2ccccc2-c2ccsc21. The summed E-state index contributed by atoms with van der Waals surface area (Å²) in [6.45, 7) is 12.6. The van der Waals surface area contributed by atoms with E-state index < -0.39 is 0 Å². The molecule has 0 nitrogen and oxygen atoms in total. The van der Waals surface area contributed by atoms with Crippen molar-refractivity contribution in [1.82, 2.24) is 0 Å². The van der Waals surface area contributed by atoms with Crippen LogP contribution in [0.25, 0.3) is 11.1 Å². The van der Waals surface area contributed by atoms with Gasteiger partial charge in [-0.25, -0.2) is 0 Å². The summed E-state index contributed by atoms with van der Waals surface area (Å²) >= 11 is 1.88. The van der Waals surface area contributed by atoms with Crippen LogP contribution in [0, 0.1) is 0 Å². The number of hydrogen-bond acceptors (Lipinski definition) is 1. The first-order valence-corrected chi connectivity index (χ1v) is 7.77. The van der Waals surface area contributed by atoms with Crippen LogP contribution in [0.2, 0.25) is 0 Å². The van der Waals surface area contributed by atoms with E-state index in [1.54, 1.807) is 0 Å². The standard InChI is InChI=1S/C13H12S.2C2H6/c1-13(2)11-6-4-3-5-9(11)10-7-8-14-12(10)13;2*1-2/h3-8H,1-2H3;2*1-2H3. The lowest BCUT2D eigenvalue weighted by Crippen LogP contribution is -2.13. The summed E-state index contributed by atoms with van der Waals surface area (Å²) in [6.07, 6.45) is 0. The topological polar surface area (TPSA) is 0 Å². The van der Waals surface area contributed by atoms with Crippen molar-refractivity contribution >= 4 is 11.3 Å². The summed E-state index contributed by atoms with van der Waals surface area (Å²) < 4.78 is 0. The Labute approximate surface area is 116 Å². The average Bonchev–Trinajstić information content (AvgIpc) is 2.99. The minimum atomic E-state index is 0.208. The van der Waals surface area contributed by atoms with E-state index in [2.05, 4.69) is 49.6 Å². The number of rotatable bonds is 0. The zero-order chi connectivity index (χ0) is 13.8. The van der Waals surface area contributed by atoms with Crippen molar-refractivity contribution < 1.29 is 0 Å². The van der Waals surface area contributed by atoms with Gasteiger partial charge < -0.3 is 0 Å². The van der Waals surface area contributed by atoms with Crippen molar-refractivity contribution in [3.8, 4) is 11.1 Å². The molecule has 1 heteroatoms. The highest BCUT2D eigenvalue weighted by Crippen LogP contribution is 2.50. The minimum absolute atomic E-state index is 0.208. The Hall–Kier alpha value is -1.08. The van der Waals surface area contributed by atoms with E-state index in [0.29, 0.717) is 0 Å². The van der Waals surface area contributed by atoms with Gasteiger partial charge in [-0.1, -0.05) is 65.8 Å². The van der Waals surface area contributed by atoms with E-state index in [1.165, 1.54) is 21.6 Å². The van der Waals surface area contributed by atoms with Gasteiger partial charge in [0.15, 0.2) is 0 Å². The zero-order valence-corrected chi connectivity index (χ0v) is 13.2. The second kappa shape index (κ2) is 6.19. The number of hydrogen-bond donors (Lipinski definition) is 0. The Morgan fingerprint density at radius 2 is 1.44 bits per heavy atom. The third-order valence-corrected chi connectivity index (χ3v) is 4.36. The van der Waals surface area contributed by atoms with Crippen LogP contribution in [0.3, 0.4) is 0 Å². The Kier molecular flexibility index (Phi) is 5.15. The highest BCUT2D eigenvalue weighted by molar-refractivity contribution is 7.10. The van der Waals surface area contributed by atoms with Crippen molar-refractivity contribution in [3.05, 3.63) is 46.2 Å². The van der Waals surface area contributed by atoms with Gasteiger partial charge >= 0.3 is 0 Å². The smallest absolute Gasteiger partial charge is 0.0252 e. The van der Waals surface area contributed by atoms with E-state index in [1.807, 2.05) is 39.0 Å². The maximum atomic E-state index is 2.31. The fourth-order valence-corrected chi connectivity index (χ4v) is 3.44. The molecule has 0 radical (unpaired) electrons. The van der Waals surface area contributed by atoms with E-state index in [0.717, 1.165) is 0 Å². The highest BCUT2D eigenvalue weighted by Gasteiger charge is 2.35. The van der Waals surface area contributed by atoms with Crippen LogP contribution in [-0.4, -0.2) is 0 Å². The Morgan fingerprint density at radius 3 is 2.11 bits per heavy atom. The highest BCUT2D eigenvalue weighted by atomic mass is 32.1. The van der Waals surface area contributed by atoms with Gasteiger partial charge in [0, 0.05) is 10.3 Å². The molecule has 18 heavy (non-hydrogen) atoms. The molecule has 0 atom stereocenters. The van der Waals surface area contributed by atoms with Crippen LogP contribution >= 0.6 is 11.3 Å². The molecule has 1 aromatic carbocycles. The number of benzene rings is 1. The van der Waals surface area contributed by atoms with Gasteiger partial charge in [-0.15, -0.1) is 11.3 Å². The summed E-state index contributed by atoms with van der Waals surface area (Å²) in [6, 6.07) is 11.0. The van der Waals surface area contributed by atoms with Crippen LogP contribution in [0.4, 0.5) is 0 Å². The summed E-state index contributed by atoms with van der Waals surface area (Å²) in [5.74, 6) is 0. The van der Waals surface area contributed by atoms with Crippen molar-refractivity contribution in [3.63, 3.8) is 0 Å². The van der Waals surface area contributed by atoms with Gasteiger partial charge in [0.25, 0.3) is 0 Å². The molecular weight excluding hydrogens is 236 g/mol. The molecule has 1 aliphatic carbocycles. The molecule has 0 saturated carbocycles. The molecule has 1 heterocycles. The summed E-state index contributed by atoms with van der Waals surface area (Å²) in [7, 11) is 0.